The summed E-state index contributed by atoms with van der Waals surface area (Å²) in [5.74, 6) is 1.36. The molecule has 142 valence electrons. The highest BCUT2D eigenvalue weighted by atomic mass is 16.3. The van der Waals surface area contributed by atoms with Crippen LogP contribution in [0.25, 0.3) is 22.6 Å². The van der Waals surface area contributed by atoms with Crippen LogP contribution >= 0.6 is 0 Å². The van der Waals surface area contributed by atoms with Crippen molar-refractivity contribution in [1.29, 1.82) is 0 Å². The molecule has 9 heteroatoms. The van der Waals surface area contributed by atoms with Crippen molar-refractivity contribution in [3.63, 3.8) is 0 Å². The van der Waals surface area contributed by atoms with Crippen molar-refractivity contribution < 1.29 is 5.11 Å². The third-order valence-electron chi connectivity index (χ3n) is 5.49. The second-order valence-corrected chi connectivity index (χ2v) is 7.25. The number of nitrogens with zero attached hydrogens (tertiary/aromatic N) is 6. The highest BCUT2D eigenvalue weighted by Gasteiger charge is 2.30. The van der Waals surface area contributed by atoms with E-state index >= 15 is 0 Å². The van der Waals surface area contributed by atoms with E-state index in [1.807, 2.05) is 18.2 Å². The van der Waals surface area contributed by atoms with Crippen molar-refractivity contribution >= 4 is 5.82 Å². The first-order valence-corrected chi connectivity index (χ1v) is 9.27. The van der Waals surface area contributed by atoms with Crippen LogP contribution in [-0.2, 0) is 0 Å². The number of nitrogens with one attached hydrogen (secondary N) is 2. The Balaban J connectivity index is 1.36. The van der Waals surface area contributed by atoms with Crippen molar-refractivity contribution in [2.24, 2.45) is 0 Å². The summed E-state index contributed by atoms with van der Waals surface area (Å²) in [6.07, 6.45) is 5.52. The normalized spacial score (nSPS) is 20.5. The monoisotopic (exact) mass is 376 g/mol. The number of phenolic OH excluding ortho intramolecular Hbond substituents is 1. The van der Waals surface area contributed by atoms with E-state index in [2.05, 4.69) is 54.2 Å². The maximum atomic E-state index is 10.4. The largest absolute Gasteiger partial charge is 0.507 e. The van der Waals surface area contributed by atoms with Crippen LogP contribution in [0.3, 0.4) is 0 Å². The van der Waals surface area contributed by atoms with Gasteiger partial charge in [0.2, 0.25) is 5.82 Å². The molecule has 1 saturated heterocycles. The Bertz CT molecular complexity index is 1010. The quantitative estimate of drug-likeness (QED) is 0.632. The van der Waals surface area contributed by atoms with Crippen molar-refractivity contribution in [3.8, 4) is 28.4 Å². The first-order chi connectivity index (χ1) is 13.7. The molecule has 0 saturated carbocycles. The molecule has 2 atom stereocenters. The predicted octanol–water partition coefficient (Wildman–Crippen LogP) is 1.87. The van der Waals surface area contributed by atoms with Gasteiger partial charge in [-0.05, 0) is 42.3 Å². The van der Waals surface area contributed by atoms with Gasteiger partial charge in [-0.3, -0.25) is 0 Å². The van der Waals surface area contributed by atoms with Gasteiger partial charge in [-0.15, -0.1) is 20.4 Å². The molecule has 28 heavy (non-hydrogen) atoms. The Hall–Kier alpha value is -3.49. The van der Waals surface area contributed by atoms with Crippen LogP contribution in [-0.4, -0.2) is 55.1 Å². The van der Waals surface area contributed by atoms with Gasteiger partial charge in [0.15, 0.2) is 5.82 Å². The molecule has 1 unspecified atom stereocenters. The van der Waals surface area contributed by atoms with Gasteiger partial charge in [-0.1, -0.05) is 12.1 Å². The first kappa shape index (κ1) is 16.7. The molecule has 0 amide bonds. The summed E-state index contributed by atoms with van der Waals surface area (Å²) in [4.78, 5) is 2.20. The molecule has 3 N–H and O–H groups in total. The number of piperidine rings is 1. The Morgan fingerprint density at radius 1 is 1.14 bits per heavy atom. The Labute approximate surface area is 161 Å². The average Bonchev–Trinajstić information content (AvgIpc) is 3.37. The summed E-state index contributed by atoms with van der Waals surface area (Å²) in [5, 5.41) is 36.5. The van der Waals surface area contributed by atoms with E-state index in [9.17, 15) is 5.11 Å². The number of benzene rings is 1. The minimum Gasteiger partial charge on any atom is -0.507 e. The van der Waals surface area contributed by atoms with E-state index in [1.54, 1.807) is 12.1 Å². The summed E-state index contributed by atoms with van der Waals surface area (Å²) in [6.45, 7) is 0. The molecule has 2 aromatic heterocycles. The molecule has 5 rings (SSSR count). The summed E-state index contributed by atoms with van der Waals surface area (Å²) in [5.41, 5.74) is 3.24. The van der Waals surface area contributed by atoms with Crippen LogP contribution in [0.1, 0.15) is 19.3 Å². The summed E-state index contributed by atoms with van der Waals surface area (Å²) in [7, 11) is 2.07. The smallest absolute Gasteiger partial charge is 0.204 e. The Morgan fingerprint density at radius 2 is 2.07 bits per heavy atom. The average molecular weight is 376 g/mol. The highest BCUT2D eigenvalue weighted by molar-refractivity contribution is 5.72. The number of rotatable bonds is 4. The zero-order valence-corrected chi connectivity index (χ0v) is 15.4. The summed E-state index contributed by atoms with van der Waals surface area (Å²) < 4.78 is 0. The number of aromatic hydroxyl groups is 1. The zero-order valence-electron chi connectivity index (χ0n) is 15.4. The minimum atomic E-state index is 0.0968. The summed E-state index contributed by atoms with van der Waals surface area (Å²) >= 11 is 0. The number of aromatic amines is 1. The van der Waals surface area contributed by atoms with Crippen LogP contribution in [0.2, 0.25) is 0 Å². The van der Waals surface area contributed by atoms with E-state index in [0.717, 1.165) is 25.1 Å². The molecule has 3 aromatic rings. The lowest BCUT2D eigenvalue weighted by molar-refractivity contribution is 0.423. The molecule has 2 aliphatic rings. The molecule has 0 aliphatic carbocycles. The number of phenols is 1. The van der Waals surface area contributed by atoms with E-state index in [-0.39, 0.29) is 5.75 Å². The lowest BCUT2D eigenvalue weighted by Gasteiger charge is -2.35. The van der Waals surface area contributed by atoms with E-state index in [4.69, 9.17) is 0 Å². The molecule has 0 spiro atoms. The maximum Gasteiger partial charge on any atom is 0.204 e. The van der Waals surface area contributed by atoms with Crippen molar-refractivity contribution in [2.75, 3.05) is 11.9 Å². The third kappa shape index (κ3) is 2.94. The fraction of sp³-hybridized carbons (Fsp3) is 0.316. The van der Waals surface area contributed by atoms with E-state index in [0.29, 0.717) is 34.7 Å². The fourth-order valence-electron chi connectivity index (χ4n) is 3.94. The molecule has 2 bridgehead atoms. The number of anilines is 1. The van der Waals surface area contributed by atoms with Gasteiger partial charge in [0.25, 0.3) is 0 Å². The van der Waals surface area contributed by atoms with E-state index in [1.165, 1.54) is 5.70 Å². The second kappa shape index (κ2) is 6.59. The van der Waals surface area contributed by atoms with Crippen LogP contribution in [0.15, 0.2) is 42.1 Å². The molecule has 2 aliphatic heterocycles. The van der Waals surface area contributed by atoms with Gasteiger partial charge in [-0.2, -0.15) is 5.21 Å². The number of fused-ring (bicyclic) bond motifs is 2. The van der Waals surface area contributed by atoms with Crippen molar-refractivity contribution in [3.05, 3.63) is 42.1 Å². The van der Waals surface area contributed by atoms with Gasteiger partial charge in [-0.25, -0.2) is 0 Å². The SMILES string of the molecule is CN(c1ccc(-c2ccc(-c3nn[nH]n3)cc2O)nn1)[C@@H]1CC2=CCC(C1)N2. The minimum absolute atomic E-state index is 0.0968. The van der Waals surface area contributed by atoms with Crippen LogP contribution in [0.4, 0.5) is 5.82 Å². The molecule has 1 aromatic carbocycles. The number of hydrogen-bond donors (Lipinski definition) is 3. The number of hydrogen-bond acceptors (Lipinski definition) is 8. The van der Waals surface area contributed by atoms with Gasteiger partial charge in [0.1, 0.15) is 5.75 Å². The lowest BCUT2D eigenvalue weighted by atomic mass is 9.99. The fourth-order valence-corrected chi connectivity index (χ4v) is 3.94. The molecule has 1 fully saturated rings. The molecule has 0 radical (unpaired) electrons. The third-order valence-corrected chi connectivity index (χ3v) is 5.49. The lowest BCUT2D eigenvalue weighted by Crippen LogP contribution is -2.43. The van der Waals surface area contributed by atoms with Crippen molar-refractivity contribution in [2.45, 2.75) is 31.3 Å². The van der Waals surface area contributed by atoms with Crippen LogP contribution in [0.5, 0.6) is 5.75 Å². The second-order valence-electron chi connectivity index (χ2n) is 7.25. The standard InChI is InChI=1S/C19H20N8O/c1-27(14-9-12-3-4-13(10-14)20-12)18-7-6-16(21-22-18)15-5-2-11(8-17(15)28)19-23-25-26-24-19/h2-3,5-8,13-14,20,28H,4,9-10H2,1H3,(H,23,24,25,26)/t13?,14-/m1/s1. The Kier molecular flexibility index (Phi) is 3.92. The zero-order chi connectivity index (χ0) is 19.1. The topological polar surface area (TPSA) is 116 Å². The molecular formula is C19H20N8O. The maximum absolute atomic E-state index is 10.4. The molecule has 4 heterocycles. The number of H-pyrrole nitrogens is 1. The number of tetrazole rings is 1. The van der Waals surface area contributed by atoms with Crippen LogP contribution < -0.4 is 10.2 Å². The first-order valence-electron chi connectivity index (χ1n) is 9.27. The van der Waals surface area contributed by atoms with Crippen LogP contribution in [0, 0.1) is 0 Å². The van der Waals surface area contributed by atoms with Crippen molar-refractivity contribution in [1.82, 2.24) is 36.1 Å². The van der Waals surface area contributed by atoms with Gasteiger partial charge < -0.3 is 15.3 Å². The highest BCUT2D eigenvalue weighted by Crippen LogP contribution is 2.33. The summed E-state index contributed by atoms with van der Waals surface area (Å²) in [6, 6.07) is 10.00. The number of aromatic nitrogens is 6. The van der Waals surface area contributed by atoms with Gasteiger partial charge >= 0.3 is 0 Å². The van der Waals surface area contributed by atoms with E-state index < -0.39 is 0 Å². The Morgan fingerprint density at radius 3 is 2.79 bits per heavy atom. The predicted molar refractivity (Wildman–Crippen MR) is 103 cm³/mol. The molecule has 9 nitrogen and oxygen atoms in total. The van der Waals surface area contributed by atoms with Gasteiger partial charge in [0, 0.05) is 42.4 Å². The van der Waals surface area contributed by atoms with Gasteiger partial charge in [0.05, 0.1) is 5.69 Å². The molecular weight excluding hydrogens is 356 g/mol.